The maximum Gasteiger partial charge on any atom is 0.0142 e. The smallest absolute Gasteiger partial charge is 0.0142 e. The molecule has 2 N–H and O–H groups in total. The summed E-state index contributed by atoms with van der Waals surface area (Å²) < 4.78 is 2.37. The molecule has 9 heavy (non-hydrogen) atoms. The van der Waals surface area contributed by atoms with Crippen molar-refractivity contribution in [1.29, 1.82) is 0 Å². The standard InChI is InChI=1S/C6H14N2S/c1-2-9-8-4-6(3-7)5-8/h6H,2-5,7H2,1H3. The molecule has 0 radical (unpaired) electrons. The van der Waals surface area contributed by atoms with Gasteiger partial charge in [-0.15, -0.1) is 0 Å². The van der Waals surface area contributed by atoms with Crippen molar-refractivity contribution in [1.82, 2.24) is 4.31 Å². The summed E-state index contributed by atoms with van der Waals surface area (Å²) in [5.74, 6) is 1.97. The van der Waals surface area contributed by atoms with Gasteiger partial charge in [0.15, 0.2) is 0 Å². The Bertz CT molecular complexity index is 81.1. The fraction of sp³-hybridized carbons (Fsp3) is 1.00. The Hall–Kier alpha value is 0.270. The van der Waals surface area contributed by atoms with Crippen molar-refractivity contribution < 1.29 is 0 Å². The highest BCUT2D eigenvalue weighted by Crippen LogP contribution is 2.22. The van der Waals surface area contributed by atoms with Crippen LogP contribution in [0.15, 0.2) is 0 Å². The summed E-state index contributed by atoms with van der Waals surface area (Å²) in [5.41, 5.74) is 5.46. The van der Waals surface area contributed by atoms with Gasteiger partial charge >= 0.3 is 0 Å². The lowest BCUT2D eigenvalue weighted by Crippen LogP contribution is -2.45. The quantitative estimate of drug-likeness (QED) is 0.589. The van der Waals surface area contributed by atoms with Gasteiger partial charge < -0.3 is 5.73 Å². The predicted molar refractivity (Wildman–Crippen MR) is 42.2 cm³/mol. The second-order valence-electron chi connectivity index (χ2n) is 2.37. The van der Waals surface area contributed by atoms with Crippen LogP contribution in [-0.2, 0) is 0 Å². The molecule has 0 amide bonds. The highest BCUT2D eigenvalue weighted by molar-refractivity contribution is 7.97. The van der Waals surface area contributed by atoms with E-state index in [1.165, 1.54) is 18.8 Å². The Balaban J connectivity index is 1.98. The molecule has 54 valence electrons. The third kappa shape index (κ3) is 1.85. The topological polar surface area (TPSA) is 29.3 Å². The molecule has 1 fully saturated rings. The Kier molecular flexibility index (Phi) is 2.82. The lowest BCUT2D eigenvalue weighted by Gasteiger charge is -2.37. The van der Waals surface area contributed by atoms with E-state index in [9.17, 15) is 0 Å². The van der Waals surface area contributed by atoms with Crippen LogP contribution in [0.4, 0.5) is 0 Å². The van der Waals surface area contributed by atoms with Gasteiger partial charge in [0.25, 0.3) is 0 Å². The second kappa shape index (κ2) is 3.44. The van der Waals surface area contributed by atoms with Crippen molar-refractivity contribution in [2.24, 2.45) is 11.7 Å². The molecule has 0 unspecified atom stereocenters. The first-order valence-corrected chi connectivity index (χ1v) is 4.39. The van der Waals surface area contributed by atoms with E-state index < -0.39 is 0 Å². The first-order chi connectivity index (χ1) is 4.36. The lowest BCUT2D eigenvalue weighted by molar-refractivity contribution is 0.227. The number of hydrogen-bond donors (Lipinski definition) is 1. The molecule has 0 atom stereocenters. The van der Waals surface area contributed by atoms with Gasteiger partial charge in [0, 0.05) is 18.8 Å². The number of nitrogens with zero attached hydrogens (tertiary/aromatic N) is 1. The molecule has 2 nitrogen and oxygen atoms in total. The molecule has 1 rings (SSSR count). The fourth-order valence-corrected chi connectivity index (χ4v) is 1.96. The van der Waals surface area contributed by atoms with Crippen molar-refractivity contribution in [3.05, 3.63) is 0 Å². The van der Waals surface area contributed by atoms with E-state index in [4.69, 9.17) is 5.73 Å². The van der Waals surface area contributed by atoms with Crippen LogP contribution >= 0.6 is 11.9 Å². The summed E-state index contributed by atoms with van der Waals surface area (Å²) in [7, 11) is 0. The highest BCUT2D eigenvalue weighted by atomic mass is 32.2. The molecule has 0 aromatic heterocycles. The number of nitrogens with two attached hydrogens (primary N) is 1. The molecule has 0 aliphatic carbocycles. The van der Waals surface area contributed by atoms with Crippen LogP contribution in [0, 0.1) is 5.92 Å². The summed E-state index contributed by atoms with van der Waals surface area (Å²) in [5, 5.41) is 0. The van der Waals surface area contributed by atoms with Gasteiger partial charge in [0.1, 0.15) is 0 Å². The molecule has 1 aliphatic heterocycles. The summed E-state index contributed by atoms with van der Waals surface area (Å²) >= 11 is 1.91. The molecule has 3 heteroatoms. The molecule has 0 bridgehead atoms. The van der Waals surface area contributed by atoms with Crippen LogP contribution in [0.3, 0.4) is 0 Å². The summed E-state index contributed by atoms with van der Waals surface area (Å²) in [4.78, 5) is 0. The van der Waals surface area contributed by atoms with E-state index in [0.29, 0.717) is 0 Å². The Morgan fingerprint density at radius 1 is 1.67 bits per heavy atom. The van der Waals surface area contributed by atoms with Crippen LogP contribution < -0.4 is 5.73 Å². The first kappa shape index (κ1) is 7.38. The van der Waals surface area contributed by atoms with E-state index in [0.717, 1.165) is 12.5 Å². The van der Waals surface area contributed by atoms with Gasteiger partial charge in [-0.3, -0.25) is 0 Å². The Morgan fingerprint density at radius 2 is 2.33 bits per heavy atom. The van der Waals surface area contributed by atoms with Crippen molar-refractivity contribution in [3.63, 3.8) is 0 Å². The van der Waals surface area contributed by atoms with Crippen LogP contribution in [-0.4, -0.2) is 29.7 Å². The summed E-state index contributed by atoms with van der Waals surface area (Å²) in [6.45, 7) is 5.45. The molecule has 0 saturated carbocycles. The van der Waals surface area contributed by atoms with Gasteiger partial charge in [-0.2, -0.15) is 0 Å². The molecule has 0 spiro atoms. The lowest BCUT2D eigenvalue weighted by atomic mass is 10.0. The third-order valence-electron chi connectivity index (χ3n) is 1.57. The van der Waals surface area contributed by atoms with E-state index >= 15 is 0 Å². The average molecular weight is 146 g/mol. The summed E-state index contributed by atoms with van der Waals surface area (Å²) in [6, 6.07) is 0. The zero-order chi connectivity index (χ0) is 6.69. The molecule has 1 aliphatic rings. The summed E-state index contributed by atoms with van der Waals surface area (Å²) in [6.07, 6.45) is 0. The normalized spacial score (nSPS) is 22.0. The van der Waals surface area contributed by atoms with Gasteiger partial charge in [-0.05, 0) is 12.5 Å². The zero-order valence-electron chi connectivity index (χ0n) is 5.84. The van der Waals surface area contributed by atoms with Crippen LogP contribution in [0.25, 0.3) is 0 Å². The molecular weight excluding hydrogens is 132 g/mol. The van der Waals surface area contributed by atoms with Crippen molar-refractivity contribution >= 4 is 11.9 Å². The molecular formula is C6H14N2S. The van der Waals surface area contributed by atoms with Gasteiger partial charge in [0.2, 0.25) is 0 Å². The minimum Gasteiger partial charge on any atom is -0.330 e. The largest absolute Gasteiger partial charge is 0.330 e. The minimum atomic E-state index is 0.782. The van der Waals surface area contributed by atoms with Crippen LogP contribution in [0.5, 0.6) is 0 Å². The maximum absolute atomic E-state index is 5.46. The maximum atomic E-state index is 5.46. The SMILES string of the molecule is CCSN1CC(CN)C1. The minimum absolute atomic E-state index is 0.782. The zero-order valence-corrected chi connectivity index (χ0v) is 6.66. The van der Waals surface area contributed by atoms with Crippen LogP contribution in [0.1, 0.15) is 6.92 Å². The third-order valence-corrected chi connectivity index (χ3v) is 2.49. The van der Waals surface area contributed by atoms with Crippen molar-refractivity contribution in [2.75, 3.05) is 25.4 Å². The van der Waals surface area contributed by atoms with Crippen molar-refractivity contribution in [3.8, 4) is 0 Å². The number of hydrogen-bond acceptors (Lipinski definition) is 3. The molecule has 0 aromatic rings. The van der Waals surface area contributed by atoms with E-state index in [1.807, 2.05) is 11.9 Å². The highest BCUT2D eigenvalue weighted by Gasteiger charge is 2.24. The molecule has 0 aromatic carbocycles. The Labute approximate surface area is 60.9 Å². The van der Waals surface area contributed by atoms with E-state index in [2.05, 4.69) is 11.2 Å². The Morgan fingerprint density at radius 3 is 2.78 bits per heavy atom. The number of rotatable bonds is 3. The van der Waals surface area contributed by atoms with E-state index in [1.54, 1.807) is 0 Å². The van der Waals surface area contributed by atoms with Gasteiger partial charge in [-0.1, -0.05) is 18.9 Å². The molecule has 1 saturated heterocycles. The first-order valence-electron chi connectivity index (χ1n) is 3.44. The van der Waals surface area contributed by atoms with E-state index in [-0.39, 0.29) is 0 Å². The second-order valence-corrected chi connectivity index (χ2v) is 3.72. The van der Waals surface area contributed by atoms with Crippen molar-refractivity contribution in [2.45, 2.75) is 6.92 Å². The van der Waals surface area contributed by atoms with Gasteiger partial charge in [0.05, 0.1) is 0 Å². The van der Waals surface area contributed by atoms with Gasteiger partial charge in [-0.25, -0.2) is 4.31 Å². The monoisotopic (exact) mass is 146 g/mol. The van der Waals surface area contributed by atoms with Crippen LogP contribution in [0.2, 0.25) is 0 Å². The average Bonchev–Trinajstić information content (AvgIpc) is 1.77. The predicted octanol–water partition coefficient (Wildman–Crippen LogP) is 0.545. The fourth-order valence-electron chi connectivity index (χ4n) is 0.960. The molecule has 1 heterocycles.